The zero-order chi connectivity index (χ0) is 13.8. The Morgan fingerprint density at radius 3 is 2.67 bits per heavy atom. The number of hydrogen-bond donors (Lipinski definition) is 3. The molecule has 0 aromatic rings. The van der Waals surface area contributed by atoms with Gasteiger partial charge in [-0.1, -0.05) is 31.8 Å². The molecular weight excluding hydrogens is 230 g/mol. The molecule has 1 aliphatic rings. The van der Waals surface area contributed by atoms with E-state index in [0.29, 0.717) is 18.8 Å². The lowest BCUT2D eigenvalue weighted by Crippen LogP contribution is -2.58. The standard InChI is InChI=1S/C13H25N3O2/c1-4-5-6-10(3)15-12(17)13(11(14)16-18)7-9(2)8-13/h9-10,18H,4-8H2,1-3H3,(H2,14,16)(H,15,17). The van der Waals surface area contributed by atoms with Crippen LogP contribution in [0, 0.1) is 11.3 Å². The quantitative estimate of drug-likeness (QED) is 0.293. The SMILES string of the molecule is CCCCC(C)NC(=O)C1(C(N)=NO)CC(C)C1. The lowest BCUT2D eigenvalue weighted by atomic mass is 9.61. The van der Waals surface area contributed by atoms with Gasteiger partial charge in [-0.15, -0.1) is 0 Å². The second-order valence-corrected chi connectivity index (χ2v) is 5.60. The molecule has 4 N–H and O–H groups in total. The number of carbonyl (C=O) groups is 1. The van der Waals surface area contributed by atoms with Crippen molar-refractivity contribution in [3.8, 4) is 0 Å². The van der Waals surface area contributed by atoms with Crippen molar-refractivity contribution in [2.45, 2.75) is 58.9 Å². The van der Waals surface area contributed by atoms with E-state index >= 15 is 0 Å². The van der Waals surface area contributed by atoms with Crippen molar-refractivity contribution in [2.24, 2.45) is 22.2 Å². The third-order valence-corrected chi connectivity index (χ3v) is 3.79. The fraction of sp³-hybridized carbons (Fsp3) is 0.846. The van der Waals surface area contributed by atoms with E-state index in [1.54, 1.807) is 0 Å². The fourth-order valence-corrected chi connectivity index (χ4v) is 2.68. The highest BCUT2D eigenvalue weighted by Crippen LogP contribution is 2.45. The van der Waals surface area contributed by atoms with Gasteiger partial charge < -0.3 is 16.3 Å². The summed E-state index contributed by atoms with van der Waals surface area (Å²) in [7, 11) is 0. The molecule has 1 fully saturated rings. The summed E-state index contributed by atoms with van der Waals surface area (Å²) in [5.41, 5.74) is 4.91. The Kier molecular flexibility index (Phi) is 4.99. The lowest BCUT2D eigenvalue weighted by Gasteiger charge is -2.44. The third-order valence-electron chi connectivity index (χ3n) is 3.79. The van der Waals surface area contributed by atoms with Gasteiger partial charge in [0.1, 0.15) is 5.41 Å². The zero-order valence-corrected chi connectivity index (χ0v) is 11.6. The van der Waals surface area contributed by atoms with Crippen molar-refractivity contribution in [1.29, 1.82) is 0 Å². The molecule has 0 radical (unpaired) electrons. The van der Waals surface area contributed by atoms with Crippen LogP contribution >= 0.6 is 0 Å². The highest BCUT2D eigenvalue weighted by molar-refractivity contribution is 6.07. The molecule has 1 saturated carbocycles. The van der Waals surface area contributed by atoms with Gasteiger partial charge in [0.25, 0.3) is 0 Å². The van der Waals surface area contributed by atoms with Gasteiger partial charge in [-0.3, -0.25) is 4.79 Å². The Morgan fingerprint density at radius 1 is 1.61 bits per heavy atom. The molecule has 1 aliphatic carbocycles. The predicted octanol–water partition coefficient (Wildman–Crippen LogP) is 1.84. The number of rotatable bonds is 6. The fourth-order valence-electron chi connectivity index (χ4n) is 2.68. The first-order chi connectivity index (χ1) is 8.46. The van der Waals surface area contributed by atoms with E-state index in [1.807, 2.05) is 6.92 Å². The molecule has 0 aromatic carbocycles. The minimum Gasteiger partial charge on any atom is -0.409 e. The number of amides is 1. The maximum Gasteiger partial charge on any atom is 0.234 e. The number of oxime groups is 1. The summed E-state index contributed by atoms with van der Waals surface area (Å²) in [5, 5.41) is 14.9. The molecule has 0 bridgehead atoms. The summed E-state index contributed by atoms with van der Waals surface area (Å²) in [4.78, 5) is 12.3. The average molecular weight is 255 g/mol. The molecule has 5 heteroatoms. The second-order valence-electron chi connectivity index (χ2n) is 5.60. The van der Waals surface area contributed by atoms with Crippen LogP contribution in [0.25, 0.3) is 0 Å². The smallest absolute Gasteiger partial charge is 0.234 e. The summed E-state index contributed by atoms with van der Waals surface area (Å²) in [6.45, 7) is 6.19. The summed E-state index contributed by atoms with van der Waals surface area (Å²) in [6.07, 6.45) is 4.49. The Labute approximate surface area is 109 Å². The molecule has 1 atom stereocenters. The maximum atomic E-state index is 12.3. The van der Waals surface area contributed by atoms with E-state index in [4.69, 9.17) is 10.9 Å². The molecule has 1 amide bonds. The topological polar surface area (TPSA) is 87.7 Å². The third kappa shape index (κ3) is 2.94. The minimum atomic E-state index is -0.783. The molecule has 1 unspecified atom stereocenters. The number of carbonyl (C=O) groups excluding carboxylic acids is 1. The van der Waals surface area contributed by atoms with Crippen LogP contribution in [0.5, 0.6) is 0 Å². The van der Waals surface area contributed by atoms with Crippen LogP contribution in [0.15, 0.2) is 5.16 Å². The van der Waals surface area contributed by atoms with Crippen LogP contribution in [0.2, 0.25) is 0 Å². The van der Waals surface area contributed by atoms with Crippen LogP contribution in [-0.4, -0.2) is 23.0 Å². The Hall–Kier alpha value is -1.26. The minimum absolute atomic E-state index is 0.0424. The van der Waals surface area contributed by atoms with Gasteiger partial charge in [0.05, 0.1) is 0 Å². The molecule has 5 nitrogen and oxygen atoms in total. The Morgan fingerprint density at radius 2 is 2.22 bits per heavy atom. The van der Waals surface area contributed by atoms with E-state index < -0.39 is 5.41 Å². The number of nitrogens with zero attached hydrogens (tertiary/aromatic N) is 1. The first-order valence-electron chi connectivity index (χ1n) is 6.75. The van der Waals surface area contributed by atoms with Crippen molar-refractivity contribution in [3.63, 3.8) is 0 Å². The average Bonchev–Trinajstić information content (AvgIpc) is 2.30. The summed E-state index contributed by atoms with van der Waals surface area (Å²) in [6, 6.07) is 0.136. The number of unbranched alkanes of at least 4 members (excludes halogenated alkanes) is 1. The first kappa shape index (κ1) is 14.8. The number of hydrogen-bond acceptors (Lipinski definition) is 3. The van der Waals surface area contributed by atoms with Crippen molar-refractivity contribution in [3.05, 3.63) is 0 Å². The molecule has 0 spiro atoms. The number of nitrogens with one attached hydrogen (secondary N) is 1. The molecule has 0 aromatic heterocycles. The van der Waals surface area contributed by atoms with Gasteiger partial charge in [0.2, 0.25) is 5.91 Å². The van der Waals surface area contributed by atoms with Crippen LogP contribution in [-0.2, 0) is 4.79 Å². The van der Waals surface area contributed by atoms with Gasteiger partial charge in [0, 0.05) is 6.04 Å². The highest BCUT2D eigenvalue weighted by Gasteiger charge is 2.52. The molecule has 0 aliphatic heterocycles. The van der Waals surface area contributed by atoms with E-state index in [-0.39, 0.29) is 17.8 Å². The van der Waals surface area contributed by atoms with Crippen LogP contribution in [0.3, 0.4) is 0 Å². The first-order valence-corrected chi connectivity index (χ1v) is 6.75. The Bertz CT molecular complexity index is 322. The maximum absolute atomic E-state index is 12.3. The molecule has 104 valence electrons. The Balaban J connectivity index is 2.62. The molecule has 1 rings (SSSR count). The number of nitrogens with two attached hydrogens (primary N) is 1. The van der Waals surface area contributed by atoms with Crippen molar-refractivity contribution < 1.29 is 10.0 Å². The van der Waals surface area contributed by atoms with Crippen LogP contribution in [0.1, 0.15) is 52.9 Å². The summed E-state index contributed by atoms with van der Waals surface area (Å²) >= 11 is 0. The van der Waals surface area contributed by atoms with Crippen molar-refractivity contribution in [2.75, 3.05) is 0 Å². The highest BCUT2D eigenvalue weighted by atomic mass is 16.4. The van der Waals surface area contributed by atoms with E-state index in [9.17, 15) is 4.79 Å². The van der Waals surface area contributed by atoms with Crippen molar-refractivity contribution >= 4 is 11.7 Å². The van der Waals surface area contributed by atoms with Gasteiger partial charge in [0.15, 0.2) is 5.84 Å². The lowest BCUT2D eigenvalue weighted by molar-refractivity contribution is -0.133. The van der Waals surface area contributed by atoms with Gasteiger partial charge in [-0.25, -0.2) is 0 Å². The predicted molar refractivity (Wildman–Crippen MR) is 71.4 cm³/mol. The normalized spacial score (nSPS) is 29.5. The van der Waals surface area contributed by atoms with Crippen LogP contribution in [0.4, 0.5) is 0 Å². The molecule has 0 saturated heterocycles. The summed E-state index contributed by atoms with van der Waals surface area (Å²) in [5.74, 6) is 0.391. The molecule has 18 heavy (non-hydrogen) atoms. The largest absolute Gasteiger partial charge is 0.409 e. The van der Waals surface area contributed by atoms with Crippen LogP contribution < -0.4 is 11.1 Å². The monoisotopic (exact) mass is 255 g/mol. The van der Waals surface area contributed by atoms with E-state index in [0.717, 1.165) is 19.3 Å². The van der Waals surface area contributed by atoms with Crippen molar-refractivity contribution in [1.82, 2.24) is 5.32 Å². The second kappa shape index (κ2) is 6.07. The molecule has 0 heterocycles. The molecular formula is C13H25N3O2. The summed E-state index contributed by atoms with van der Waals surface area (Å²) < 4.78 is 0. The van der Waals surface area contributed by atoms with Gasteiger partial charge >= 0.3 is 0 Å². The van der Waals surface area contributed by atoms with Gasteiger partial charge in [-0.05, 0) is 32.1 Å². The zero-order valence-electron chi connectivity index (χ0n) is 11.6. The van der Waals surface area contributed by atoms with E-state index in [1.165, 1.54) is 0 Å². The van der Waals surface area contributed by atoms with E-state index in [2.05, 4.69) is 24.3 Å². The van der Waals surface area contributed by atoms with Gasteiger partial charge in [-0.2, -0.15) is 0 Å². The number of amidine groups is 1.